The largest absolute Gasteiger partial charge is 0 e. The molecule has 0 amide bonds. The quantitative estimate of drug-likeness (QED) is 0.131. The summed E-state index contributed by atoms with van der Waals surface area (Å²) < 4.78 is 2.58. The Kier molecular flexibility index (Phi) is 11.3. The van der Waals surface area contributed by atoms with E-state index in [0.717, 1.165) is 37.5 Å². The van der Waals surface area contributed by atoms with E-state index < -0.39 is 13.5 Å². The van der Waals surface area contributed by atoms with Gasteiger partial charge in [0.15, 0.2) is 0 Å². The summed E-state index contributed by atoms with van der Waals surface area (Å²) in [4.78, 5) is 0. The van der Waals surface area contributed by atoms with E-state index in [1.165, 1.54) is 0 Å². The first-order valence-electron chi connectivity index (χ1n) is 15.9. The number of hydrogen-bond donors (Lipinski definition) is 0. The summed E-state index contributed by atoms with van der Waals surface area (Å²) in [6.45, 7) is 0. The first-order chi connectivity index (χ1) is 23.9. The van der Waals surface area contributed by atoms with Gasteiger partial charge in [0.25, 0.3) is 0 Å². The van der Waals surface area contributed by atoms with Crippen molar-refractivity contribution < 1.29 is 20.1 Å². The van der Waals surface area contributed by atoms with Crippen LogP contribution in [0.1, 0.15) is 0 Å². The van der Waals surface area contributed by atoms with Gasteiger partial charge in [-0.15, -0.1) is 0 Å². The molecule has 0 heterocycles. The first-order valence-corrected chi connectivity index (χ1v) is 22.1. The second-order valence-corrected chi connectivity index (χ2v) is 22.8. The van der Waals surface area contributed by atoms with E-state index in [-0.39, 0.29) is 20.1 Å². The number of anilines is 1. The molecule has 0 aliphatic rings. The Balaban J connectivity index is 0.00000432. The van der Waals surface area contributed by atoms with Crippen molar-refractivity contribution in [2.24, 2.45) is 0 Å². The van der Waals surface area contributed by atoms with Gasteiger partial charge in [0.1, 0.15) is 0 Å². The molecule has 0 unspecified atom stereocenters. The molecule has 0 saturated heterocycles. The second-order valence-electron chi connectivity index (χ2n) is 11.8. The van der Waals surface area contributed by atoms with Gasteiger partial charge >= 0.3 is 311 Å². The minimum Gasteiger partial charge on any atom is 0 e. The molecule has 0 spiro atoms. The fourth-order valence-corrected chi connectivity index (χ4v) is 23.6. The molecule has 0 bridgehead atoms. The van der Waals surface area contributed by atoms with E-state index in [1.807, 2.05) is 36.4 Å². The third-order valence-electron chi connectivity index (χ3n) is 9.16. The van der Waals surface area contributed by atoms with Gasteiger partial charge in [0.2, 0.25) is 0 Å². The summed E-state index contributed by atoms with van der Waals surface area (Å²) in [5.41, 5.74) is 0.907. The Morgan fingerprint density at radius 2 is 0.800 bits per heavy atom. The topological polar surface area (TPSA) is 3.24 Å². The van der Waals surface area contributed by atoms with Gasteiger partial charge in [-0.05, 0) is 0 Å². The average molecular weight is 853 g/mol. The van der Waals surface area contributed by atoms with Crippen LogP contribution in [0.15, 0.2) is 194 Å². The van der Waals surface area contributed by atoms with Crippen molar-refractivity contribution in [2.75, 3.05) is 4.44 Å². The van der Waals surface area contributed by atoms with Gasteiger partial charge in [-0.3, -0.25) is 0 Å². The molecule has 0 N–H and O–H groups in total. The van der Waals surface area contributed by atoms with Crippen molar-refractivity contribution in [3.63, 3.8) is 0 Å². The Morgan fingerprint density at radius 1 is 0.420 bits per heavy atom. The predicted octanol–water partition coefficient (Wildman–Crippen LogP) is 10.7. The summed E-state index contributed by atoms with van der Waals surface area (Å²) in [6, 6.07) is 67.0. The molecule has 8 heteroatoms. The standard InChI is InChI=1S/C42H33Cl4NP2.Tc/c43-33-29-31-34(32-30-33)47(48(35-17-6-1-7-18-35,36-19-8-2-9-20-36)37-21-10-3-11-22-37)49(46,38-23-12-4-13-24-38,39-25-14-5-15-26-39)41-28-16-27-40(44)42(41)45;/h1-32,48H;. The van der Waals surface area contributed by atoms with E-state index in [1.54, 1.807) is 0 Å². The minimum atomic E-state index is -4.52. The van der Waals surface area contributed by atoms with Crippen LogP contribution in [0, 0.1) is 0 Å². The van der Waals surface area contributed by atoms with Gasteiger partial charge < -0.3 is 0 Å². The SMILES string of the molecule is Clc1ccc(N([PH](c2ccccc2)(c2ccccc2)c2ccccc2)P(Cl)(c2ccccc2)(c2ccccc2)c2cccc(Cl)c2Cl)cc1.[Tc]. The fraction of sp³-hybridized carbons (Fsp3) is 0. The van der Waals surface area contributed by atoms with Crippen LogP contribution in [0.2, 0.25) is 15.1 Å². The smallest absolute Gasteiger partial charge is 0 e. The van der Waals surface area contributed by atoms with Gasteiger partial charge in [-0.25, -0.2) is 0 Å². The Labute approximate surface area is 328 Å². The van der Waals surface area contributed by atoms with Crippen LogP contribution < -0.4 is 36.3 Å². The summed E-state index contributed by atoms with van der Waals surface area (Å²) >= 11 is 30.4. The molecule has 1 nitrogen and oxygen atoms in total. The molecule has 251 valence electrons. The maximum Gasteiger partial charge on any atom is 0 e. The summed E-state index contributed by atoms with van der Waals surface area (Å²) in [5, 5.41) is 7.56. The van der Waals surface area contributed by atoms with Crippen molar-refractivity contribution in [1.82, 2.24) is 0 Å². The molecule has 1 radical (unpaired) electrons. The molecular weight excluding hydrogens is 820 g/mol. The van der Waals surface area contributed by atoms with E-state index in [0.29, 0.717) is 15.1 Å². The summed E-state index contributed by atoms with van der Waals surface area (Å²) in [6.07, 6.45) is -4.52. The van der Waals surface area contributed by atoms with E-state index in [4.69, 9.17) is 34.8 Å². The van der Waals surface area contributed by atoms with Gasteiger partial charge in [0.05, 0.1) is 0 Å². The van der Waals surface area contributed by atoms with Crippen molar-refractivity contribution in [2.45, 2.75) is 0 Å². The molecule has 0 fully saturated rings. The van der Waals surface area contributed by atoms with E-state index in [2.05, 4.69) is 162 Å². The Bertz CT molecular complexity index is 2040. The van der Waals surface area contributed by atoms with E-state index in [9.17, 15) is 11.2 Å². The van der Waals surface area contributed by atoms with Crippen LogP contribution in [0.5, 0.6) is 0 Å². The van der Waals surface area contributed by atoms with Gasteiger partial charge in [-0.1, -0.05) is 0 Å². The van der Waals surface area contributed by atoms with Crippen LogP contribution in [0.4, 0.5) is 5.69 Å². The number of hydrogen-bond acceptors (Lipinski definition) is 1. The molecule has 0 aliphatic heterocycles. The summed E-state index contributed by atoms with van der Waals surface area (Å²) in [5.74, 6) is 0. The molecule has 0 aromatic heterocycles. The molecule has 7 rings (SSSR count). The number of rotatable bonds is 9. The van der Waals surface area contributed by atoms with Crippen molar-refractivity contribution in [3.8, 4) is 0 Å². The maximum atomic E-state index is 9.24. The minimum absolute atomic E-state index is 0. The zero-order valence-corrected chi connectivity index (χ0v) is 33.5. The van der Waals surface area contributed by atoms with Crippen LogP contribution in [0.3, 0.4) is 0 Å². The molecular formula is C42H33Cl4NP2Tc. The van der Waals surface area contributed by atoms with Crippen molar-refractivity contribution >= 4 is 97.1 Å². The van der Waals surface area contributed by atoms with Crippen molar-refractivity contribution in [3.05, 3.63) is 209 Å². The third kappa shape index (κ3) is 5.95. The maximum absolute atomic E-state index is 9.24. The predicted molar refractivity (Wildman–Crippen MR) is 221 cm³/mol. The molecule has 50 heavy (non-hydrogen) atoms. The average Bonchev–Trinajstić information content (AvgIpc) is 3.17. The normalized spacial score (nSPS) is 12.6. The van der Waals surface area contributed by atoms with Crippen LogP contribution >= 0.6 is 59.6 Å². The molecule has 7 aromatic rings. The van der Waals surface area contributed by atoms with Crippen LogP contribution in [0.25, 0.3) is 0 Å². The van der Waals surface area contributed by atoms with E-state index >= 15 is 0 Å². The van der Waals surface area contributed by atoms with Gasteiger partial charge in [0, 0.05) is 20.1 Å². The third-order valence-corrected chi connectivity index (χ3v) is 24.1. The molecule has 0 atom stereocenters. The number of benzene rings is 7. The summed E-state index contributed by atoms with van der Waals surface area (Å²) in [7, 11) is -3.49. The number of nitrogens with zero attached hydrogens (tertiary/aromatic N) is 1. The van der Waals surface area contributed by atoms with Crippen molar-refractivity contribution in [1.29, 1.82) is 0 Å². The molecule has 0 aliphatic carbocycles. The Morgan fingerprint density at radius 3 is 1.20 bits per heavy atom. The number of halogens is 4. The molecule has 7 aromatic carbocycles. The fourth-order valence-electron chi connectivity index (χ4n) is 7.15. The second kappa shape index (κ2) is 15.3. The first kappa shape index (κ1) is 36.8. The Hall–Kier alpha value is -2.99. The zero-order chi connectivity index (χ0) is 33.9. The van der Waals surface area contributed by atoms with Gasteiger partial charge in [-0.2, -0.15) is 0 Å². The zero-order valence-electron chi connectivity index (χ0n) is 26.8. The monoisotopic (exact) mass is 850 g/mol. The van der Waals surface area contributed by atoms with Crippen LogP contribution in [-0.2, 0) is 20.1 Å². The van der Waals surface area contributed by atoms with Crippen LogP contribution in [-0.4, -0.2) is 0 Å². The molecule has 0 saturated carbocycles.